The van der Waals surface area contributed by atoms with Crippen LogP contribution in [0.25, 0.3) is 0 Å². The molecule has 0 rings (SSSR count). The van der Waals surface area contributed by atoms with E-state index in [1.165, 1.54) is 0 Å². The number of hydrogen-bond acceptors (Lipinski definition) is 3. The van der Waals surface area contributed by atoms with Crippen molar-refractivity contribution in [2.45, 2.75) is 64.9 Å². The highest BCUT2D eigenvalue weighted by molar-refractivity contribution is 5.88. The van der Waals surface area contributed by atoms with Gasteiger partial charge in [-0.15, -0.1) is 0 Å². The van der Waals surface area contributed by atoms with Crippen LogP contribution in [-0.4, -0.2) is 17.9 Å². The number of esters is 1. The number of carbonyl (C=O) groups is 2. The number of unbranched alkanes of at least 4 members (excludes halogenated alkanes) is 3. The fraction of sp³-hybridized carbons (Fsp3) is 0.714. The molecule has 0 amide bonds. The van der Waals surface area contributed by atoms with Crippen LogP contribution in [0.4, 0.5) is 0 Å². The third kappa shape index (κ3) is 7.72. The Bertz CT molecular complexity index is 246. The fourth-order valence-corrected chi connectivity index (χ4v) is 1.62. The second kappa shape index (κ2) is 10.1. The molecule has 0 aromatic carbocycles. The largest absolute Gasteiger partial charge is 0.451 e. The summed E-state index contributed by atoms with van der Waals surface area (Å²) < 4.78 is 5.05. The second-order valence-electron chi connectivity index (χ2n) is 4.20. The molecule has 0 aromatic rings. The van der Waals surface area contributed by atoms with E-state index in [2.05, 4.69) is 13.5 Å². The maximum Gasteiger partial charge on any atom is 0.330 e. The van der Waals surface area contributed by atoms with Crippen molar-refractivity contribution >= 4 is 11.8 Å². The van der Waals surface area contributed by atoms with Gasteiger partial charge in [0, 0.05) is 12.5 Å². The molecule has 1 unspecified atom stereocenters. The quantitative estimate of drug-likeness (QED) is 0.334. The van der Waals surface area contributed by atoms with Crippen molar-refractivity contribution in [1.29, 1.82) is 0 Å². The van der Waals surface area contributed by atoms with Crippen LogP contribution in [0.3, 0.4) is 0 Å². The lowest BCUT2D eigenvalue weighted by atomic mass is 10.0. The fourth-order valence-electron chi connectivity index (χ4n) is 1.62. The van der Waals surface area contributed by atoms with Gasteiger partial charge in [-0.05, 0) is 12.8 Å². The van der Waals surface area contributed by atoms with Gasteiger partial charge in [0.05, 0.1) is 0 Å². The first-order valence-corrected chi connectivity index (χ1v) is 6.51. The molecule has 17 heavy (non-hydrogen) atoms. The molecule has 0 fully saturated rings. The summed E-state index contributed by atoms with van der Waals surface area (Å²) in [5.74, 6) is -0.469. The summed E-state index contributed by atoms with van der Waals surface area (Å²) in [5, 5.41) is 0. The molecule has 0 bridgehead atoms. The van der Waals surface area contributed by atoms with Gasteiger partial charge in [0.15, 0.2) is 11.9 Å². The van der Waals surface area contributed by atoms with Crippen molar-refractivity contribution in [1.82, 2.24) is 0 Å². The van der Waals surface area contributed by atoms with Gasteiger partial charge in [0.2, 0.25) is 0 Å². The Hall–Kier alpha value is -1.12. The van der Waals surface area contributed by atoms with Gasteiger partial charge < -0.3 is 4.74 Å². The average Bonchev–Trinajstić information content (AvgIpc) is 2.33. The van der Waals surface area contributed by atoms with Gasteiger partial charge >= 0.3 is 5.97 Å². The Morgan fingerprint density at radius 3 is 2.41 bits per heavy atom. The summed E-state index contributed by atoms with van der Waals surface area (Å²) >= 11 is 0. The minimum Gasteiger partial charge on any atom is -0.451 e. The molecule has 0 spiro atoms. The van der Waals surface area contributed by atoms with Crippen molar-refractivity contribution in [3.8, 4) is 0 Å². The smallest absolute Gasteiger partial charge is 0.330 e. The van der Waals surface area contributed by atoms with Gasteiger partial charge in [-0.3, -0.25) is 4.79 Å². The van der Waals surface area contributed by atoms with E-state index in [0.717, 1.165) is 38.2 Å². The predicted molar refractivity (Wildman–Crippen MR) is 68.8 cm³/mol. The molecule has 3 heteroatoms. The minimum atomic E-state index is -0.577. The van der Waals surface area contributed by atoms with E-state index in [1.807, 2.05) is 6.92 Å². The van der Waals surface area contributed by atoms with E-state index in [4.69, 9.17) is 4.74 Å². The highest BCUT2D eigenvalue weighted by atomic mass is 16.5. The highest BCUT2D eigenvalue weighted by Crippen LogP contribution is 2.11. The molecular weight excluding hydrogens is 216 g/mol. The van der Waals surface area contributed by atoms with Crippen LogP contribution < -0.4 is 0 Å². The zero-order valence-electron chi connectivity index (χ0n) is 11.0. The topological polar surface area (TPSA) is 43.4 Å². The molecule has 1 atom stereocenters. The summed E-state index contributed by atoms with van der Waals surface area (Å²) in [4.78, 5) is 22.9. The van der Waals surface area contributed by atoms with Crippen molar-refractivity contribution < 1.29 is 14.3 Å². The Kier molecular flexibility index (Phi) is 9.40. The van der Waals surface area contributed by atoms with Crippen LogP contribution in [0.2, 0.25) is 0 Å². The molecule has 0 N–H and O–H groups in total. The molecule has 98 valence electrons. The maximum absolute atomic E-state index is 11.8. The molecule has 3 nitrogen and oxygen atoms in total. The van der Waals surface area contributed by atoms with Crippen molar-refractivity contribution in [2.75, 3.05) is 0 Å². The Balaban J connectivity index is 4.05. The van der Waals surface area contributed by atoms with E-state index < -0.39 is 12.1 Å². The first kappa shape index (κ1) is 15.9. The number of ketones is 1. The van der Waals surface area contributed by atoms with E-state index >= 15 is 0 Å². The molecule has 0 radical (unpaired) electrons. The number of ether oxygens (including phenoxy) is 1. The van der Waals surface area contributed by atoms with Gasteiger partial charge in [-0.2, -0.15) is 0 Å². The van der Waals surface area contributed by atoms with Crippen LogP contribution in [-0.2, 0) is 14.3 Å². The summed E-state index contributed by atoms with van der Waals surface area (Å²) in [7, 11) is 0. The van der Waals surface area contributed by atoms with Crippen LogP contribution in [0, 0.1) is 0 Å². The molecule has 0 aliphatic rings. The van der Waals surface area contributed by atoms with Gasteiger partial charge in [-0.25, -0.2) is 4.79 Å². The molecule has 0 aliphatic carbocycles. The highest BCUT2D eigenvalue weighted by Gasteiger charge is 2.20. The SMILES string of the molecule is C=CC(=O)OC(CCC)C(=O)CCCCCC. The van der Waals surface area contributed by atoms with E-state index in [-0.39, 0.29) is 5.78 Å². The molecule has 0 heterocycles. The van der Waals surface area contributed by atoms with Crippen molar-refractivity contribution in [2.24, 2.45) is 0 Å². The molecular formula is C14H24O3. The predicted octanol–water partition coefficient (Wildman–Crippen LogP) is 3.42. The van der Waals surface area contributed by atoms with Crippen LogP contribution >= 0.6 is 0 Å². The number of hydrogen-bond donors (Lipinski definition) is 0. The average molecular weight is 240 g/mol. The lowest BCUT2D eigenvalue weighted by Gasteiger charge is -2.14. The first-order chi connectivity index (χ1) is 8.15. The third-order valence-corrected chi connectivity index (χ3v) is 2.61. The lowest BCUT2D eigenvalue weighted by Crippen LogP contribution is -2.26. The Morgan fingerprint density at radius 2 is 1.88 bits per heavy atom. The van der Waals surface area contributed by atoms with E-state index in [1.54, 1.807) is 0 Å². The van der Waals surface area contributed by atoms with Crippen molar-refractivity contribution in [3.63, 3.8) is 0 Å². The zero-order chi connectivity index (χ0) is 13.1. The van der Waals surface area contributed by atoms with Gasteiger partial charge in [-0.1, -0.05) is 46.1 Å². The van der Waals surface area contributed by atoms with Crippen LogP contribution in [0.5, 0.6) is 0 Å². The number of carbonyl (C=O) groups excluding carboxylic acids is 2. The van der Waals surface area contributed by atoms with Gasteiger partial charge in [0.1, 0.15) is 0 Å². The number of Topliss-reactive ketones (excluding diaryl/α,β-unsaturated/α-hetero) is 1. The van der Waals surface area contributed by atoms with E-state index in [0.29, 0.717) is 12.8 Å². The maximum atomic E-state index is 11.8. The van der Waals surface area contributed by atoms with Crippen LogP contribution in [0.1, 0.15) is 58.8 Å². The second-order valence-corrected chi connectivity index (χ2v) is 4.20. The zero-order valence-corrected chi connectivity index (χ0v) is 11.0. The summed E-state index contributed by atoms with van der Waals surface area (Å²) in [6, 6.07) is 0. The lowest BCUT2D eigenvalue weighted by molar-refractivity contribution is -0.150. The van der Waals surface area contributed by atoms with Crippen LogP contribution in [0.15, 0.2) is 12.7 Å². The molecule has 0 saturated carbocycles. The molecule has 0 aliphatic heterocycles. The third-order valence-electron chi connectivity index (χ3n) is 2.61. The molecule has 0 aromatic heterocycles. The first-order valence-electron chi connectivity index (χ1n) is 6.51. The Morgan fingerprint density at radius 1 is 1.18 bits per heavy atom. The van der Waals surface area contributed by atoms with Gasteiger partial charge in [0.25, 0.3) is 0 Å². The van der Waals surface area contributed by atoms with E-state index in [9.17, 15) is 9.59 Å². The normalized spacial score (nSPS) is 11.9. The summed E-state index contributed by atoms with van der Waals surface area (Å²) in [6.07, 6.45) is 6.72. The monoisotopic (exact) mass is 240 g/mol. The standard InChI is InChI=1S/C14H24O3/c1-4-7-8-9-11-12(15)13(10-5-2)17-14(16)6-3/h6,13H,3-5,7-11H2,1-2H3. The summed E-state index contributed by atoms with van der Waals surface area (Å²) in [6.45, 7) is 7.44. The van der Waals surface area contributed by atoms with Crippen molar-refractivity contribution in [3.05, 3.63) is 12.7 Å². The molecule has 0 saturated heterocycles. The number of rotatable bonds is 10. The minimum absolute atomic E-state index is 0.0400. The Labute approximate surface area is 104 Å². The summed E-state index contributed by atoms with van der Waals surface area (Å²) in [5.41, 5.74) is 0.